The molecule has 2 rings (SSSR count). The van der Waals surface area contributed by atoms with E-state index in [1.165, 1.54) is 55.3 Å². The first-order valence-electron chi connectivity index (χ1n) is 9.20. The second-order valence-electron chi connectivity index (χ2n) is 6.15. The van der Waals surface area contributed by atoms with Crippen LogP contribution in [-0.4, -0.2) is 47.0 Å². The van der Waals surface area contributed by atoms with Crippen molar-refractivity contribution in [2.75, 3.05) is 23.0 Å². The third-order valence-corrected chi connectivity index (χ3v) is 15.5. The van der Waals surface area contributed by atoms with Crippen LogP contribution < -0.4 is 0 Å². The maximum atomic E-state index is 11.4. The topological polar surface area (TPSA) is 34.1 Å². The lowest BCUT2D eigenvalue weighted by atomic mass is 10.6. The van der Waals surface area contributed by atoms with Crippen molar-refractivity contribution >= 4 is 104 Å². The van der Waals surface area contributed by atoms with Crippen molar-refractivity contribution in [2.45, 2.75) is 34.5 Å². The number of rotatable bonds is 12. The predicted molar refractivity (Wildman–Crippen MR) is 153 cm³/mol. The summed E-state index contributed by atoms with van der Waals surface area (Å²) in [5.41, 5.74) is 0. The van der Waals surface area contributed by atoms with Gasteiger partial charge in [-0.05, 0) is 42.7 Å². The Morgan fingerprint density at radius 2 is 1.27 bits per heavy atom. The number of hydrogen-bond donors (Lipinski definition) is 0. The first-order valence-corrected chi connectivity index (χ1v) is 16.8. The van der Waals surface area contributed by atoms with E-state index in [4.69, 9.17) is 0 Å². The van der Waals surface area contributed by atoms with Crippen molar-refractivity contribution in [3.05, 3.63) is 44.9 Å². The van der Waals surface area contributed by atoms with Gasteiger partial charge in [0.1, 0.15) is 0 Å². The minimum Gasteiger partial charge on any atom is -0.282 e. The van der Waals surface area contributed by atoms with Crippen LogP contribution in [-0.2, 0) is 9.59 Å². The molecule has 30 heavy (non-hydrogen) atoms. The quantitative estimate of drug-likeness (QED) is 0.176. The van der Waals surface area contributed by atoms with Gasteiger partial charge in [-0.3, -0.25) is 9.59 Å². The van der Waals surface area contributed by atoms with Gasteiger partial charge in [-0.2, -0.15) is 0 Å². The van der Waals surface area contributed by atoms with Gasteiger partial charge in [0.25, 0.3) is 0 Å². The van der Waals surface area contributed by atoms with Gasteiger partial charge < -0.3 is 0 Å². The highest BCUT2D eigenvalue weighted by Gasteiger charge is 2.26. The minimum atomic E-state index is 0.0465. The fourth-order valence-electron chi connectivity index (χ4n) is 2.33. The molecule has 0 aliphatic carbocycles. The van der Waals surface area contributed by atoms with E-state index in [-0.39, 0.29) is 10.2 Å². The molecule has 2 heterocycles. The molecule has 166 valence electrons. The van der Waals surface area contributed by atoms with Crippen molar-refractivity contribution in [1.29, 1.82) is 0 Å². The summed E-state index contributed by atoms with van der Waals surface area (Å²) in [5, 5.41) is 0.0929. The maximum absolute atomic E-state index is 11.4. The van der Waals surface area contributed by atoms with Crippen molar-refractivity contribution in [3.8, 4) is 0 Å². The summed E-state index contributed by atoms with van der Waals surface area (Å²) >= 11 is 14.4. The van der Waals surface area contributed by atoms with Gasteiger partial charge in [0, 0.05) is 37.4 Å². The zero-order chi connectivity index (χ0) is 22.1. The lowest BCUT2D eigenvalue weighted by Crippen LogP contribution is -2.05. The zero-order valence-electron chi connectivity index (χ0n) is 17.2. The van der Waals surface area contributed by atoms with Gasteiger partial charge in [-0.1, -0.05) is 36.7 Å². The summed E-state index contributed by atoms with van der Waals surface area (Å²) in [4.78, 5) is 28.3. The number of thioether (sulfide) groups is 8. The Labute approximate surface area is 214 Å². The van der Waals surface area contributed by atoms with Gasteiger partial charge in [0.2, 0.25) is 10.2 Å². The fourth-order valence-corrected chi connectivity index (χ4v) is 13.1. The molecule has 0 fully saturated rings. The van der Waals surface area contributed by atoms with Gasteiger partial charge in [-0.15, -0.1) is 70.6 Å². The molecule has 2 atom stereocenters. The molecule has 0 saturated heterocycles. The number of carbonyl (C=O) groups excluding carboxylic acids is 2. The van der Waals surface area contributed by atoms with Crippen LogP contribution in [0.5, 0.6) is 0 Å². The van der Waals surface area contributed by atoms with Crippen LogP contribution in [0.25, 0.3) is 0 Å². The Hall–Kier alpha value is 1.10. The van der Waals surface area contributed by atoms with Crippen LogP contribution in [0.2, 0.25) is 0 Å². The van der Waals surface area contributed by atoms with Gasteiger partial charge in [-0.25, -0.2) is 0 Å². The van der Waals surface area contributed by atoms with Gasteiger partial charge in [0.15, 0.2) is 0 Å². The van der Waals surface area contributed by atoms with Crippen LogP contribution in [0.1, 0.15) is 20.8 Å². The Balaban J connectivity index is 1.63. The molecule has 0 amide bonds. The number of allylic oxidation sites excluding steroid dienone is 2. The van der Waals surface area contributed by atoms with Crippen LogP contribution in [0, 0.1) is 0 Å². The molecule has 0 aromatic heterocycles. The van der Waals surface area contributed by atoms with Crippen molar-refractivity contribution < 1.29 is 9.59 Å². The summed E-state index contributed by atoms with van der Waals surface area (Å²) in [6.45, 7) is 13.7. The molecule has 0 bridgehead atoms. The molecule has 2 nitrogen and oxygen atoms in total. The largest absolute Gasteiger partial charge is 0.282 e. The molecule has 0 spiro atoms. The Kier molecular flexibility index (Phi) is 13.1. The summed E-state index contributed by atoms with van der Waals surface area (Å²) in [6.07, 6.45) is 2.78. The summed E-state index contributed by atoms with van der Waals surface area (Å²) in [5.74, 6) is 3.75. The molecule has 0 radical (unpaired) electrons. The molecular weight excluding hydrogens is 529 g/mol. The Bertz CT molecular complexity index is 670. The second kappa shape index (κ2) is 14.4. The van der Waals surface area contributed by atoms with Crippen LogP contribution >= 0.6 is 94.1 Å². The molecule has 2 aliphatic rings. The maximum Gasteiger partial charge on any atom is 0.211 e. The van der Waals surface area contributed by atoms with E-state index in [9.17, 15) is 9.59 Å². The highest BCUT2D eigenvalue weighted by atomic mass is 32.2. The lowest BCUT2D eigenvalue weighted by molar-refractivity contribution is -0.107. The number of hydrogen-bond acceptors (Lipinski definition) is 10. The van der Waals surface area contributed by atoms with E-state index in [1.807, 2.05) is 70.6 Å². The molecule has 2 aliphatic heterocycles. The standard InChI is InChI=1S/C20H26O2S8/c1-6-17(21)25-8-15-12(3)27-19(29-15)10-23-14(5)24-11-20-28-13(4)16(30-20)9-26-18(22)7-2/h6-7,14,19-20H,1-2,8-11H2,3-5H3. The third-order valence-electron chi connectivity index (χ3n) is 3.91. The van der Waals surface area contributed by atoms with E-state index in [0.717, 1.165) is 23.0 Å². The van der Waals surface area contributed by atoms with Crippen molar-refractivity contribution in [3.63, 3.8) is 0 Å². The van der Waals surface area contributed by atoms with E-state index < -0.39 is 0 Å². The smallest absolute Gasteiger partial charge is 0.211 e. The SMILES string of the molecule is C=CC(=O)SCC1=C(C)SC(CSC(C)SCC2SC(C)=C(CSC(=O)C=C)S2)S1. The molecule has 0 aromatic rings. The molecular formula is C20H26O2S8. The number of carbonyl (C=O) groups is 2. The molecule has 2 unspecified atom stereocenters. The Morgan fingerprint density at radius 1 is 0.867 bits per heavy atom. The van der Waals surface area contributed by atoms with E-state index in [2.05, 4.69) is 33.9 Å². The second-order valence-corrected chi connectivity index (χ2v) is 17.2. The van der Waals surface area contributed by atoms with Crippen LogP contribution in [0.4, 0.5) is 0 Å². The highest BCUT2D eigenvalue weighted by molar-refractivity contribution is 8.27. The third kappa shape index (κ3) is 9.53. The average molecular weight is 555 g/mol. The van der Waals surface area contributed by atoms with E-state index in [0.29, 0.717) is 13.7 Å². The van der Waals surface area contributed by atoms with E-state index >= 15 is 0 Å². The van der Waals surface area contributed by atoms with Gasteiger partial charge in [0.05, 0.1) is 9.16 Å². The van der Waals surface area contributed by atoms with Crippen LogP contribution in [0.15, 0.2) is 44.9 Å². The monoisotopic (exact) mass is 554 g/mol. The lowest BCUT2D eigenvalue weighted by Gasteiger charge is -2.16. The summed E-state index contributed by atoms with van der Waals surface area (Å²) in [6, 6.07) is 0. The first-order chi connectivity index (χ1) is 14.3. The first kappa shape index (κ1) is 27.3. The predicted octanol–water partition coefficient (Wildman–Crippen LogP) is 7.77. The van der Waals surface area contributed by atoms with Crippen molar-refractivity contribution in [1.82, 2.24) is 0 Å². The van der Waals surface area contributed by atoms with E-state index in [1.54, 1.807) is 0 Å². The normalized spacial score (nSPS) is 22.5. The molecule has 0 N–H and O–H groups in total. The Morgan fingerprint density at radius 3 is 1.63 bits per heavy atom. The average Bonchev–Trinajstić information content (AvgIpc) is 3.28. The fraction of sp³-hybridized carbons (Fsp3) is 0.500. The van der Waals surface area contributed by atoms with Gasteiger partial charge >= 0.3 is 0 Å². The highest BCUT2D eigenvalue weighted by Crippen LogP contribution is 2.50. The van der Waals surface area contributed by atoms with Crippen LogP contribution in [0.3, 0.4) is 0 Å². The molecule has 10 heteroatoms. The summed E-state index contributed by atoms with van der Waals surface area (Å²) < 4.78 is 1.63. The zero-order valence-corrected chi connectivity index (χ0v) is 23.7. The summed E-state index contributed by atoms with van der Waals surface area (Å²) in [7, 11) is 0. The minimum absolute atomic E-state index is 0.0465. The molecule has 0 saturated carbocycles. The van der Waals surface area contributed by atoms with Crippen molar-refractivity contribution in [2.24, 2.45) is 0 Å². The molecule has 0 aromatic carbocycles.